The van der Waals surface area contributed by atoms with Crippen LogP contribution in [0.3, 0.4) is 0 Å². The van der Waals surface area contributed by atoms with Crippen LogP contribution in [-0.2, 0) is 0 Å². The lowest BCUT2D eigenvalue weighted by molar-refractivity contribution is 0.418. The molecule has 0 saturated heterocycles. The highest BCUT2D eigenvalue weighted by Gasteiger charge is 2.25. The van der Waals surface area contributed by atoms with E-state index in [0.717, 1.165) is 19.6 Å². The summed E-state index contributed by atoms with van der Waals surface area (Å²) in [7, 11) is 3.61. The fourth-order valence-corrected chi connectivity index (χ4v) is 4.52. The van der Waals surface area contributed by atoms with E-state index in [1.54, 1.807) is 0 Å². The molecule has 1 aliphatic carbocycles. The van der Waals surface area contributed by atoms with Gasteiger partial charge in [-0.1, -0.05) is 64.1 Å². The topological polar surface area (TPSA) is 0 Å². The molecule has 0 bridgehead atoms. The Morgan fingerprint density at radius 1 is 1.00 bits per heavy atom. The SMILES string of the molecule is BC1CCCCCCC(CC)(PC)CCCC1. The lowest BCUT2D eigenvalue weighted by atomic mass is 9.78. The zero-order valence-electron chi connectivity index (χ0n) is 12.4. The van der Waals surface area contributed by atoms with Crippen molar-refractivity contribution < 1.29 is 0 Å². The van der Waals surface area contributed by atoms with Crippen LogP contribution in [0.25, 0.3) is 0 Å². The van der Waals surface area contributed by atoms with E-state index in [-0.39, 0.29) is 0 Å². The van der Waals surface area contributed by atoms with Crippen molar-refractivity contribution in [2.45, 2.75) is 88.5 Å². The first kappa shape index (κ1) is 15.6. The molecule has 1 rings (SSSR count). The summed E-state index contributed by atoms with van der Waals surface area (Å²) in [5, 5.41) is 0.725. The minimum Gasteiger partial charge on any atom is -0.119 e. The Morgan fingerprint density at radius 2 is 1.53 bits per heavy atom. The van der Waals surface area contributed by atoms with Crippen LogP contribution in [0.5, 0.6) is 0 Å². The maximum absolute atomic E-state index is 2.46. The lowest BCUT2D eigenvalue weighted by Crippen LogP contribution is -2.22. The van der Waals surface area contributed by atoms with Crippen LogP contribution in [0.15, 0.2) is 0 Å². The largest absolute Gasteiger partial charge is 0.119 e. The maximum atomic E-state index is 2.46. The maximum Gasteiger partial charge on any atom is 0.105 e. The van der Waals surface area contributed by atoms with Crippen molar-refractivity contribution in [3.05, 3.63) is 0 Å². The Hall–Kier alpha value is 0.495. The zero-order valence-corrected chi connectivity index (χ0v) is 13.4. The Bertz CT molecular complexity index is 189. The van der Waals surface area contributed by atoms with Gasteiger partial charge in [0.2, 0.25) is 0 Å². The van der Waals surface area contributed by atoms with Gasteiger partial charge in [0.15, 0.2) is 0 Å². The molecule has 0 spiro atoms. The molecule has 1 fully saturated rings. The average Bonchev–Trinajstić information content (AvgIpc) is 2.34. The van der Waals surface area contributed by atoms with Crippen LogP contribution in [0, 0.1) is 0 Å². The van der Waals surface area contributed by atoms with E-state index in [4.69, 9.17) is 0 Å². The molecule has 3 atom stereocenters. The summed E-state index contributed by atoms with van der Waals surface area (Å²) in [4.78, 5) is 0. The van der Waals surface area contributed by atoms with Crippen LogP contribution in [-0.4, -0.2) is 19.7 Å². The molecule has 0 aliphatic heterocycles. The Kier molecular flexibility index (Phi) is 7.84. The molecule has 0 N–H and O–H groups in total. The quantitative estimate of drug-likeness (QED) is 0.491. The Morgan fingerprint density at radius 3 is 2.12 bits per heavy atom. The van der Waals surface area contributed by atoms with Crippen LogP contribution in [0.1, 0.15) is 77.6 Å². The summed E-state index contributed by atoms with van der Waals surface area (Å²) in [6, 6.07) is 0. The molecule has 0 heterocycles. The third-order valence-electron chi connectivity index (χ3n) is 4.91. The number of hydrogen-bond acceptors (Lipinski definition) is 0. The molecule has 3 unspecified atom stereocenters. The normalized spacial score (nSPS) is 34.4. The van der Waals surface area contributed by atoms with Gasteiger partial charge in [-0.05, 0) is 31.1 Å². The Labute approximate surface area is 112 Å². The smallest absolute Gasteiger partial charge is 0.105 e. The van der Waals surface area contributed by atoms with E-state index in [1.165, 1.54) is 70.6 Å². The molecule has 100 valence electrons. The van der Waals surface area contributed by atoms with Gasteiger partial charge in [0.05, 0.1) is 0 Å². The van der Waals surface area contributed by atoms with Gasteiger partial charge in [-0.2, -0.15) is 0 Å². The molecule has 1 saturated carbocycles. The zero-order chi connectivity index (χ0) is 12.6. The molecular formula is C15H32BP. The van der Waals surface area contributed by atoms with Crippen LogP contribution in [0.2, 0.25) is 5.82 Å². The molecule has 17 heavy (non-hydrogen) atoms. The van der Waals surface area contributed by atoms with Crippen molar-refractivity contribution >= 4 is 16.4 Å². The molecule has 0 nitrogen and oxygen atoms in total. The van der Waals surface area contributed by atoms with Gasteiger partial charge in [0.25, 0.3) is 0 Å². The van der Waals surface area contributed by atoms with Gasteiger partial charge in [-0.15, -0.1) is 8.58 Å². The summed E-state index contributed by atoms with van der Waals surface area (Å²) in [5.74, 6) is 0.981. The molecule has 0 aromatic carbocycles. The van der Waals surface area contributed by atoms with Gasteiger partial charge >= 0.3 is 0 Å². The summed E-state index contributed by atoms with van der Waals surface area (Å²) in [6.07, 6.45) is 16.3. The van der Waals surface area contributed by atoms with Crippen molar-refractivity contribution in [3.8, 4) is 0 Å². The van der Waals surface area contributed by atoms with Gasteiger partial charge in [-0.3, -0.25) is 0 Å². The van der Waals surface area contributed by atoms with Crippen LogP contribution >= 0.6 is 8.58 Å². The highest BCUT2D eigenvalue weighted by Crippen LogP contribution is 2.42. The standard InChI is InChI=1S/C15H32BP/c1-3-15(17-2)12-8-5-4-6-10-14(16)11-7-9-13-15/h14,17H,3-13,16H2,1-2H3. The summed E-state index contributed by atoms with van der Waals surface area (Å²) < 4.78 is 0. The van der Waals surface area contributed by atoms with Gasteiger partial charge in [0.1, 0.15) is 7.85 Å². The second-order valence-corrected chi connectivity index (χ2v) is 7.75. The van der Waals surface area contributed by atoms with E-state index in [0.29, 0.717) is 0 Å². The highest BCUT2D eigenvalue weighted by molar-refractivity contribution is 7.39. The third kappa shape index (κ3) is 5.78. The molecule has 0 radical (unpaired) electrons. The van der Waals surface area contributed by atoms with E-state index >= 15 is 0 Å². The first-order valence-corrected chi connectivity index (χ1v) is 9.41. The third-order valence-corrected chi connectivity index (χ3v) is 6.83. The van der Waals surface area contributed by atoms with E-state index in [2.05, 4.69) is 21.4 Å². The summed E-state index contributed by atoms with van der Waals surface area (Å²) in [5.41, 5.74) is 0. The summed E-state index contributed by atoms with van der Waals surface area (Å²) >= 11 is 0. The molecule has 0 amide bonds. The fourth-order valence-electron chi connectivity index (χ4n) is 3.32. The first-order valence-electron chi connectivity index (χ1n) is 7.91. The van der Waals surface area contributed by atoms with E-state index in [9.17, 15) is 0 Å². The Balaban J connectivity index is 2.46. The van der Waals surface area contributed by atoms with Crippen molar-refractivity contribution in [2.24, 2.45) is 0 Å². The number of rotatable bonds is 2. The monoisotopic (exact) mass is 254 g/mol. The van der Waals surface area contributed by atoms with Crippen molar-refractivity contribution in [3.63, 3.8) is 0 Å². The van der Waals surface area contributed by atoms with Gasteiger partial charge in [0, 0.05) is 0 Å². The predicted molar refractivity (Wildman–Crippen MR) is 85.7 cm³/mol. The van der Waals surface area contributed by atoms with E-state index in [1.807, 2.05) is 0 Å². The van der Waals surface area contributed by atoms with Crippen LogP contribution in [0.4, 0.5) is 0 Å². The second-order valence-electron chi connectivity index (χ2n) is 6.19. The average molecular weight is 254 g/mol. The molecule has 1 aliphatic rings. The summed E-state index contributed by atoms with van der Waals surface area (Å²) in [6.45, 7) is 4.86. The highest BCUT2D eigenvalue weighted by atomic mass is 31.1. The molecule has 0 aromatic rings. The second kappa shape index (κ2) is 8.57. The minimum atomic E-state index is 0.725. The van der Waals surface area contributed by atoms with Crippen molar-refractivity contribution in [1.29, 1.82) is 0 Å². The molecular weight excluding hydrogens is 222 g/mol. The number of hydrogen-bond donors (Lipinski definition) is 0. The predicted octanol–water partition coefficient (Wildman–Crippen LogP) is 4.78. The minimum absolute atomic E-state index is 0.725. The van der Waals surface area contributed by atoms with Crippen molar-refractivity contribution in [1.82, 2.24) is 0 Å². The van der Waals surface area contributed by atoms with E-state index < -0.39 is 0 Å². The lowest BCUT2D eigenvalue weighted by Gasteiger charge is -2.32. The fraction of sp³-hybridized carbons (Fsp3) is 1.00. The molecule has 2 heteroatoms. The van der Waals surface area contributed by atoms with Gasteiger partial charge < -0.3 is 0 Å². The molecule has 0 aromatic heterocycles. The van der Waals surface area contributed by atoms with Gasteiger partial charge in [-0.25, -0.2) is 0 Å². The van der Waals surface area contributed by atoms with Crippen LogP contribution < -0.4 is 0 Å². The van der Waals surface area contributed by atoms with Crippen molar-refractivity contribution in [2.75, 3.05) is 6.66 Å². The first-order chi connectivity index (χ1) is 8.22.